The Labute approximate surface area is 419 Å². The smallest absolute Gasteiger partial charge is 0.330 e. The summed E-state index contributed by atoms with van der Waals surface area (Å²) in [7, 11) is 0. The van der Waals surface area contributed by atoms with Gasteiger partial charge in [-0.15, -0.1) is 0 Å². The van der Waals surface area contributed by atoms with Crippen molar-refractivity contribution in [2.24, 2.45) is 0 Å². The molecule has 0 aliphatic heterocycles. The lowest BCUT2D eigenvalue weighted by molar-refractivity contribution is -0.157. The number of amides is 1. The second kappa shape index (κ2) is 43.7. The number of ether oxygens (including phenoxy) is 3. The molecule has 0 aliphatic rings. The monoisotopic (exact) mass is 964 g/mol. The van der Waals surface area contributed by atoms with E-state index in [0.29, 0.717) is 25.0 Å². The van der Waals surface area contributed by atoms with Gasteiger partial charge in [0.15, 0.2) is 6.10 Å². The van der Waals surface area contributed by atoms with E-state index in [0.717, 1.165) is 68.9 Å². The fourth-order valence-electron chi connectivity index (χ4n) is 8.62. The predicted octanol–water partition coefficient (Wildman–Crippen LogP) is 16.3. The summed E-state index contributed by atoms with van der Waals surface area (Å²) in [6, 6.07) is 18.4. The lowest BCUT2D eigenvalue weighted by Crippen LogP contribution is -2.44. The normalized spacial score (nSPS) is 12.2. The van der Waals surface area contributed by atoms with Gasteiger partial charge in [-0.1, -0.05) is 261 Å². The van der Waals surface area contributed by atoms with Gasteiger partial charge >= 0.3 is 17.9 Å². The Balaban J connectivity index is 2.02. The maximum atomic E-state index is 14.2. The third-order valence-corrected chi connectivity index (χ3v) is 14.0. The molecule has 2 atom stereocenters. The van der Waals surface area contributed by atoms with E-state index in [1.165, 1.54) is 153 Å². The van der Waals surface area contributed by atoms with Crippen LogP contribution in [0.5, 0.6) is 0 Å². The second-order valence-corrected chi connectivity index (χ2v) is 20.3. The number of thioether (sulfide) groups is 1. The molecule has 0 radical (unpaired) electrons. The van der Waals surface area contributed by atoms with Crippen molar-refractivity contribution in [2.75, 3.05) is 18.1 Å². The van der Waals surface area contributed by atoms with E-state index in [-0.39, 0.29) is 30.2 Å². The van der Waals surface area contributed by atoms with Gasteiger partial charge in [0, 0.05) is 30.8 Å². The zero-order chi connectivity index (χ0) is 49.0. The van der Waals surface area contributed by atoms with Gasteiger partial charge in [0.2, 0.25) is 5.91 Å². The minimum Gasteiger partial charge on any atom is -0.462 e. The summed E-state index contributed by atoms with van der Waals surface area (Å²) in [6.07, 6.45) is 36.4. The van der Waals surface area contributed by atoms with Crippen LogP contribution in [0.3, 0.4) is 0 Å². The second-order valence-electron chi connectivity index (χ2n) is 19.2. The van der Waals surface area contributed by atoms with Gasteiger partial charge in [0.1, 0.15) is 18.8 Å². The van der Waals surface area contributed by atoms with Gasteiger partial charge in [-0.2, -0.15) is 11.8 Å². The van der Waals surface area contributed by atoms with E-state index in [9.17, 15) is 19.2 Å². The van der Waals surface area contributed by atoms with E-state index in [1.807, 2.05) is 60.7 Å². The van der Waals surface area contributed by atoms with Crippen molar-refractivity contribution in [1.82, 2.24) is 5.32 Å². The fraction of sp³-hybridized carbons (Fsp3) is 0.729. The van der Waals surface area contributed by atoms with Crippen molar-refractivity contribution in [2.45, 2.75) is 257 Å². The van der Waals surface area contributed by atoms with Gasteiger partial charge in [-0.25, -0.2) is 4.79 Å². The van der Waals surface area contributed by atoms with Crippen LogP contribution in [0, 0.1) is 0 Å². The number of hydrogen-bond acceptors (Lipinski definition) is 8. The molecule has 8 nitrogen and oxygen atoms in total. The number of benzene rings is 2. The van der Waals surface area contributed by atoms with Crippen molar-refractivity contribution >= 4 is 35.6 Å². The number of carbonyl (C=O) groups excluding carboxylic acids is 4. The topological polar surface area (TPSA) is 108 Å². The maximum absolute atomic E-state index is 14.2. The fourth-order valence-corrected chi connectivity index (χ4v) is 9.64. The van der Waals surface area contributed by atoms with E-state index in [2.05, 4.69) is 26.1 Å². The molecular weight excluding hydrogens is 867 g/mol. The van der Waals surface area contributed by atoms with Crippen molar-refractivity contribution in [3.05, 3.63) is 71.8 Å². The minimum atomic E-state index is -0.933. The van der Waals surface area contributed by atoms with E-state index in [4.69, 9.17) is 14.2 Å². The summed E-state index contributed by atoms with van der Waals surface area (Å²) in [6.45, 7) is 6.68. The minimum absolute atomic E-state index is 0.0443. The molecule has 0 saturated carbocycles. The van der Waals surface area contributed by atoms with Gasteiger partial charge < -0.3 is 19.5 Å². The number of nitrogens with one attached hydrogen (secondary N) is 1. The van der Waals surface area contributed by atoms with Crippen molar-refractivity contribution < 1.29 is 33.4 Å². The van der Waals surface area contributed by atoms with Crippen molar-refractivity contribution in [1.29, 1.82) is 0 Å². The highest BCUT2D eigenvalue weighted by Gasteiger charge is 2.28. The van der Waals surface area contributed by atoms with Crippen LogP contribution in [0.1, 0.15) is 256 Å². The molecule has 2 aromatic rings. The Hall–Kier alpha value is -3.33. The number of carbonyl (C=O) groups is 4. The van der Waals surface area contributed by atoms with Gasteiger partial charge in [-0.3, -0.25) is 14.4 Å². The summed E-state index contributed by atoms with van der Waals surface area (Å²) >= 11 is 1.39. The standard InChI is InChI=1S/C59H97NO7S/c1-4-7-10-13-16-19-20-21-22-25-26-29-38-45-55(61)60-54(59(64)67-58(51-41-34-32-35-42-51)52-43-36-33-37-44-52)50-68-49-53(66-57(63)47-40-31-28-24-18-15-12-9-6-3)48-65-56(62)46-39-30-27-23-17-14-11-8-5-2/h32-37,41-44,53-54,58H,4-31,38-40,45-50H2,1-3H3,(H,60,61)/t53-,54+/m1/s1. The Morgan fingerprint density at radius 3 is 1.22 bits per heavy atom. The number of hydrogen-bond donors (Lipinski definition) is 1. The highest BCUT2D eigenvalue weighted by Crippen LogP contribution is 2.27. The Morgan fingerprint density at radius 2 is 0.809 bits per heavy atom. The maximum Gasteiger partial charge on any atom is 0.330 e. The first-order valence-corrected chi connectivity index (χ1v) is 29.1. The van der Waals surface area contributed by atoms with Crippen LogP contribution in [-0.2, 0) is 33.4 Å². The van der Waals surface area contributed by atoms with Crippen LogP contribution in [0.15, 0.2) is 60.7 Å². The lowest BCUT2D eigenvalue weighted by Gasteiger charge is -2.24. The van der Waals surface area contributed by atoms with Gasteiger partial charge in [0.05, 0.1) is 0 Å². The van der Waals surface area contributed by atoms with Crippen molar-refractivity contribution in [3.63, 3.8) is 0 Å². The largest absolute Gasteiger partial charge is 0.462 e. The third-order valence-electron chi connectivity index (χ3n) is 12.9. The average molecular weight is 964 g/mol. The molecule has 68 heavy (non-hydrogen) atoms. The van der Waals surface area contributed by atoms with Crippen LogP contribution >= 0.6 is 11.8 Å². The molecule has 0 fully saturated rings. The van der Waals surface area contributed by atoms with Crippen LogP contribution in [0.2, 0.25) is 0 Å². The van der Waals surface area contributed by atoms with Crippen molar-refractivity contribution in [3.8, 4) is 0 Å². The molecule has 0 unspecified atom stereocenters. The molecule has 0 spiro atoms. The summed E-state index contributed by atoms with van der Waals surface area (Å²) in [5.74, 6) is -0.787. The Bertz CT molecular complexity index is 1470. The highest BCUT2D eigenvalue weighted by atomic mass is 32.2. The zero-order valence-corrected chi connectivity index (χ0v) is 44.3. The summed E-state index contributed by atoms with van der Waals surface area (Å²) in [5, 5.41) is 3.01. The molecule has 1 amide bonds. The predicted molar refractivity (Wildman–Crippen MR) is 285 cm³/mol. The molecule has 2 rings (SSSR count). The summed E-state index contributed by atoms with van der Waals surface area (Å²) in [4.78, 5) is 53.7. The molecule has 0 aromatic heterocycles. The molecule has 0 aliphatic carbocycles. The molecular formula is C59H97NO7S. The lowest BCUT2D eigenvalue weighted by atomic mass is 10.0. The molecule has 1 N–H and O–H groups in total. The number of rotatable bonds is 46. The highest BCUT2D eigenvalue weighted by molar-refractivity contribution is 7.99. The zero-order valence-electron chi connectivity index (χ0n) is 43.4. The van der Waals surface area contributed by atoms with E-state index < -0.39 is 24.2 Å². The number of unbranched alkanes of at least 4 members (excludes halogenated alkanes) is 28. The molecule has 386 valence electrons. The summed E-state index contributed by atoms with van der Waals surface area (Å²) < 4.78 is 17.9. The summed E-state index contributed by atoms with van der Waals surface area (Å²) in [5.41, 5.74) is 1.67. The first kappa shape index (κ1) is 60.8. The van der Waals surface area contributed by atoms with Crippen LogP contribution in [0.25, 0.3) is 0 Å². The van der Waals surface area contributed by atoms with Crippen LogP contribution in [0.4, 0.5) is 0 Å². The SMILES string of the molecule is CCCCCCCCCCCCCCCC(=O)N[C@@H](CSC[C@@H](COC(=O)CCCCCCCCCCC)OC(=O)CCCCCCCCCCC)C(=O)OC(c1ccccc1)c1ccccc1. The van der Waals surface area contributed by atoms with E-state index in [1.54, 1.807) is 0 Å². The van der Waals surface area contributed by atoms with Gasteiger partial charge in [0.25, 0.3) is 0 Å². The molecule has 2 aromatic carbocycles. The Kier molecular flexibility index (Phi) is 39.0. The number of esters is 3. The average Bonchev–Trinajstić information content (AvgIpc) is 3.35. The van der Waals surface area contributed by atoms with Gasteiger partial charge in [-0.05, 0) is 30.4 Å². The third kappa shape index (κ3) is 33.2. The molecule has 0 heterocycles. The first-order chi connectivity index (χ1) is 33.4. The molecule has 0 saturated heterocycles. The Morgan fingerprint density at radius 1 is 0.441 bits per heavy atom. The molecule has 0 bridgehead atoms. The van der Waals surface area contributed by atoms with Crippen LogP contribution < -0.4 is 5.32 Å². The van der Waals surface area contributed by atoms with Crippen LogP contribution in [-0.4, -0.2) is 54.1 Å². The quantitative estimate of drug-likeness (QED) is 0.0397. The first-order valence-electron chi connectivity index (χ1n) is 27.9. The van der Waals surface area contributed by atoms with E-state index >= 15 is 0 Å². The molecule has 9 heteroatoms.